The highest BCUT2D eigenvalue weighted by atomic mass is 32.2. The van der Waals surface area contributed by atoms with E-state index in [4.69, 9.17) is 4.99 Å². The van der Waals surface area contributed by atoms with Crippen molar-refractivity contribution >= 4 is 27.0 Å². The van der Waals surface area contributed by atoms with E-state index >= 15 is 0 Å². The third-order valence-corrected chi connectivity index (χ3v) is 9.83. The van der Waals surface area contributed by atoms with Crippen LogP contribution in [0.1, 0.15) is 39.2 Å². The highest BCUT2D eigenvalue weighted by Gasteiger charge is 2.29. The third kappa shape index (κ3) is 5.85. The average molecular weight is 546 g/mol. The Morgan fingerprint density at radius 1 is 0.868 bits per heavy atom. The van der Waals surface area contributed by atoms with Crippen molar-refractivity contribution in [1.29, 1.82) is 0 Å². The summed E-state index contributed by atoms with van der Waals surface area (Å²) in [4.78, 5) is 6.15. The molecule has 1 aromatic heterocycles. The number of rotatable bonds is 6. The molecule has 0 saturated carbocycles. The van der Waals surface area contributed by atoms with E-state index < -0.39 is 10.0 Å². The Balaban J connectivity index is 1.35. The third-order valence-electron chi connectivity index (χ3n) is 7.09. The predicted molar refractivity (Wildman–Crippen MR) is 156 cm³/mol. The summed E-state index contributed by atoms with van der Waals surface area (Å²) in [7, 11) is -3.52. The van der Waals surface area contributed by atoms with Gasteiger partial charge in [-0.05, 0) is 81.3 Å². The van der Waals surface area contributed by atoms with Crippen molar-refractivity contribution in [2.75, 3.05) is 13.1 Å². The van der Waals surface area contributed by atoms with Crippen molar-refractivity contribution in [1.82, 2.24) is 8.87 Å². The number of para-hydroxylation sites is 1. The number of sulfonamides is 1. The molecule has 1 aliphatic rings. The van der Waals surface area contributed by atoms with E-state index in [1.807, 2.05) is 48.5 Å². The van der Waals surface area contributed by atoms with Crippen molar-refractivity contribution in [2.45, 2.75) is 50.5 Å². The first-order valence-electron chi connectivity index (χ1n) is 13.2. The van der Waals surface area contributed by atoms with Crippen LogP contribution in [0.2, 0.25) is 0 Å². The molecule has 38 heavy (non-hydrogen) atoms. The minimum atomic E-state index is -3.52. The number of hydrogen-bond acceptors (Lipinski definition) is 4. The van der Waals surface area contributed by atoms with Gasteiger partial charge in [0, 0.05) is 24.0 Å². The molecule has 5 nitrogen and oxygen atoms in total. The number of benzene rings is 3. The van der Waals surface area contributed by atoms with Gasteiger partial charge in [0.25, 0.3) is 0 Å². The summed E-state index contributed by atoms with van der Waals surface area (Å²) in [5.41, 5.74) is 4.05. The molecule has 0 radical (unpaired) electrons. The minimum Gasteiger partial charge on any atom is -0.311 e. The zero-order valence-corrected chi connectivity index (χ0v) is 23.9. The van der Waals surface area contributed by atoms with Gasteiger partial charge in [-0.25, -0.2) is 13.4 Å². The second-order valence-electron chi connectivity index (χ2n) is 10.9. The molecule has 3 aromatic carbocycles. The van der Waals surface area contributed by atoms with Gasteiger partial charge in [-0.3, -0.25) is 0 Å². The molecule has 0 spiro atoms. The number of hydrogen-bond donors (Lipinski definition) is 0. The maximum atomic E-state index is 13.4. The molecule has 0 bridgehead atoms. The molecule has 0 amide bonds. The Morgan fingerprint density at radius 2 is 1.47 bits per heavy atom. The molecule has 2 heterocycles. The molecule has 5 rings (SSSR count). The van der Waals surface area contributed by atoms with E-state index in [2.05, 4.69) is 55.0 Å². The van der Waals surface area contributed by atoms with Crippen molar-refractivity contribution < 1.29 is 8.42 Å². The monoisotopic (exact) mass is 545 g/mol. The average Bonchev–Trinajstić information content (AvgIpc) is 3.34. The first kappa shape index (κ1) is 26.6. The van der Waals surface area contributed by atoms with Crippen LogP contribution in [0.15, 0.2) is 100 Å². The number of thiazole rings is 1. The van der Waals surface area contributed by atoms with Crippen molar-refractivity contribution in [3.05, 3.63) is 101 Å². The van der Waals surface area contributed by atoms with Gasteiger partial charge in [0.05, 0.1) is 16.3 Å². The van der Waals surface area contributed by atoms with Crippen molar-refractivity contribution in [3.8, 4) is 11.3 Å². The fraction of sp³-hybridized carbons (Fsp3) is 0.323. The second-order valence-corrected chi connectivity index (χ2v) is 13.7. The zero-order chi connectivity index (χ0) is 26.8. The van der Waals surface area contributed by atoms with Crippen LogP contribution in [0, 0.1) is 5.92 Å². The molecule has 1 aliphatic heterocycles. The molecular formula is C31H35N3O2S2. The highest BCUT2D eigenvalue weighted by Crippen LogP contribution is 2.30. The SMILES string of the molecule is CC(C)(C)n1c(-c2ccc(S(=O)(=O)N3CCC(Cc4ccccc4)CC3)cc2)csc1=Nc1ccccc1. The highest BCUT2D eigenvalue weighted by molar-refractivity contribution is 7.89. The number of aromatic nitrogens is 1. The lowest BCUT2D eigenvalue weighted by atomic mass is 9.91. The van der Waals surface area contributed by atoms with Gasteiger partial charge >= 0.3 is 0 Å². The van der Waals surface area contributed by atoms with Crippen LogP contribution in [0.25, 0.3) is 11.3 Å². The molecular weight excluding hydrogens is 510 g/mol. The fourth-order valence-corrected chi connectivity index (χ4v) is 7.66. The summed E-state index contributed by atoms with van der Waals surface area (Å²) in [6, 6.07) is 27.8. The van der Waals surface area contributed by atoms with Gasteiger partial charge in [-0.15, -0.1) is 11.3 Å². The van der Waals surface area contributed by atoms with E-state index in [1.165, 1.54) is 5.56 Å². The van der Waals surface area contributed by atoms with Gasteiger partial charge in [0.15, 0.2) is 4.80 Å². The topological polar surface area (TPSA) is 54.7 Å². The lowest BCUT2D eigenvalue weighted by Gasteiger charge is -2.31. The van der Waals surface area contributed by atoms with Crippen molar-refractivity contribution in [2.24, 2.45) is 10.9 Å². The Hall–Kier alpha value is -3.00. The van der Waals surface area contributed by atoms with E-state index in [0.717, 1.165) is 41.0 Å². The fourth-order valence-electron chi connectivity index (χ4n) is 5.10. The number of nitrogens with zero attached hydrogens (tertiary/aromatic N) is 3. The smallest absolute Gasteiger partial charge is 0.243 e. The van der Waals surface area contributed by atoms with Crippen LogP contribution in [0.4, 0.5) is 5.69 Å². The van der Waals surface area contributed by atoms with E-state index in [0.29, 0.717) is 23.9 Å². The Bertz CT molecular complexity index is 1520. The van der Waals surface area contributed by atoms with Gasteiger partial charge in [-0.1, -0.05) is 60.7 Å². The Kier molecular flexibility index (Phi) is 7.70. The van der Waals surface area contributed by atoms with Gasteiger partial charge < -0.3 is 4.57 Å². The predicted octanol–water partition coefficient (Wildman–Crippen LogP) is 6.85. The Morgan fingerprint density at radius 3 is 2.08 bits per heavy atom. The Labute approximate surface area is 230 Å². The summed E-state index contributed by atoms with van der Waals surface area (Å²) in [6.07, 6.45) is 2.79. The van der Waals surface area contributed by atoms with Crippen LogP contribution in [-0.2, 0) is 22.0 Å². The summed E-state index contributed by atoms with van der Waals surface area (Å²) in [6.45, 7) is 7.62. The van der Waals surface area contributed by atoms with Crippen LogP contribution in [-0.4, -0.2) is 30.4 Å². The minimum absolute atomic E-state index is 0.197. The second kappa shape index (κ2) is 11.0. The maximum absolute atomic E-state index is 13.4. The standard InChI is InChI=1S/C31H35N3O2S2/c1-31(2,3)34-29(23-37-30(34)32-27-12-8-5-9-13-27)26-14-16-28(17-15-26)38(35,36)33-20-18-25(19-21-33)22-24-10-6-4-7-11-24/h4-17,23,25H,18-22H2,1-3H3. The lowest BCUT2D eigenvalue weighted by Crippen LogP contribution is -2.38. The summed E-state index contributed by atoms with van der Waals surface area (Å²) in [5.74, 6) is 0.521. The van der Waals surface area contributed by atoms with Gasteiger partial charge in [0.1, 0.15) is 0 Å². The molecule has 0 unspecified atom stereocenters. The summed E-state index contributed by atoms with van der Waals surface area (Å²) < 4.78 is 30.8. The molecule has 0 atom stereocenters. The zero-order valence-electron chi connectivity index (χ0n) is 22.2. The van der Waals surface area contributed by atoms with Gasteiger partial charge in [-0.2, -0.15) is 4.31 Å². The summed E-state index contributed by atoms with van der Waals surface area (Å²) in [5, 5.41) is 2.11. The first-order chi connectivity index (χ1) is 18.2. The quantitative estimate of drug-likeness (QED) is 0.266. The first-order valence-corrected chi connectivity index (χ1v) is 15.5. The molecule has 0 aliphatic carbocycles. The maximum Gasteiger partial charge on any atom is 0.243 e. The number of piperidine rings is 1. The molecule has 1 fully saturated rings. The van der Waals surface area contributed by atoms with Crippen molar-refractivity contribution in [3.63, 3.8) is 0 Å². The lowest BCUT2D eigenvalue weighted by molar-refractivity contribution is 0.273. The van der Waals surface area contributed by atoms with E-state index in [-0.39, 0.29) is 5.54 Å². The van der Waals surface area contributed by atoms with Crippen LogP contribution < -0.4 is 4.80 Å². The molecule has 0 N–H and O–H groups in total. The summed E-state index contributed by atoms with van der Waals surface area (Å²) >= 11 is 1.60. The van der Waals surface area contributed by atoms with E-state index in [9.17, 15) is 8.42 Å². The van der Waals surface area contributed by atoms with E-state index in [1.54, 1.807) is 27.8 Å². The van der Waals surface area contributed by atoms with Crippen LogP contribution >= 0.6 is 11.3 Å². The van der Waals surface area contributed by atoms with Crippen LogP contribution in [0.3, 0.4) is 0 Å². The molecule has 1 saturated heterocycles. The normalized spacial score (nSPS) is 16.1. The van der Waals surface area contributed by atoms with Crippen LogP contribution in [0.5, 0.6) is 0 Å². The van der Waals surface area contributed by atoms with Gasteiger partial charge in [0.2, 0.25) is 10.0 Å². The largest absolute Gasteiger partial charge is 0.311 e. The molecule has 4 aromatic rings. The molecule has 7 heteroatoms. The molecule has 198 valence electrons.